The molecule has 1 aromatic heterocycles. The number of fused-ring (bicyclic) bond motifs is 2. The molecule has 1 aromatic carbocycles. The second kappa shape index (κ2) is 6.41. The van der Waals surface area contributed by atoms with Gasteiger partial charge in [-0.2, -0.15) is 0 Å². The molecule has 0 radical (unpaired) electrons. The van der Waals surface area contributed by atoms with Crippen LogP contribution in [0.3, 0.4) is 0 Å². The van der Waals surface area contributed by atoms with E-state index >= 15 is 0 Å². The summed E-state index contributed by atoms with van der Waals surface area (Å²) in [5.41, 5.74) is 0.994. The van der Waals surface area contributed by atoms with Gasteiger partial charge in [-0.15, -0.1) is 0 Å². The third kappa shape index (κ3) is 2.41. The van der Waals surface area contributed by atoms with Crippen LogP contribution in [0.15, 0.2) is 36.4 Å². The second-order valence-corrected chi connectivity index (χ2v) is 7.79. The molecule has 1 aliphatic heterocycles. The van der Waals surface area contributed by atoms with Crippen LogP contribution in [0, 0.1) is 18.8 Å². The van der Waals surface area contributed by atoms with E-state index in [2.05, 4.69) is 4.98 Å². The van der Waals surface area contributed by atoms with E-state index in [-0.39, 0.29) is 11.1 Å². The average Bonchev–Trinajstić information content (AvgIpc) is 2.94. The van der Waals surface area contributed by atoms with Crippen LogP contribution >= 0.6 is 11.6 Å². The van der Waals surface area contributed by atoms with Gasteiger partial charge in [-0.3, -0.25) is 19.3 Å². The number of amides is 2. The third-order valence-electron chi connectivity index (χ3n) is 5.83. The normalized spacial score (nSPS) is 26.1. The van der Waals surface area contributed by atoms with E-state index in [4.69, 9.17) is 16.3 Å². The molecule has 2 aliphatic rings. The van der Waals surface area contributed by atoms with Crippen LogP contribution in [-0.4, -0.2) is 29.9 Å². The maximum atomic E-state index is 13.4. The van der Waals surface area contributed by atoms with Crippen molar-refractivity contribution >= 4 is 35.1 Å². The molecule has 0 spiro atoms. The number of aryl methyl sites for hydroxylation is 1. The Bertz CT molecular complexity index is 1010. The van der Waals surface area contributed by atoms with E-state index in [1.54, 1.807) is 31.2 Å². The van der Waals surface area contributed by atoms with Crippen LogP contribution < -0.4 is 4.90 Å². The molecule has 6 nitrogen and oxygen atoms in total. The van der Waals surface area contributed by atoms with E-state index in [0.29, 0.717) is 17.8 Å². The number of rotatable bonds is 2. The maximum absolute atomic E-state index is 13.4. The number of halogens is 1. The zero-order valence-corrected chi connectivity index (χ0v) is 16.5. The fourth-order valence-corrected chi connectivity index (χ4v) is 4.63. The van der Waals surface area contributed by atoms with Crippen LogP contribution in [0.5, 0.6) is 0 Å². The van der Waals surface area contributed by atoms with Gasteiger partial charge in [0.05, 0.1) is 30.3 Å². The number of imide groups is 1. The molecule has 0 bridgehead atoms. The number of aromatic nitrogens is 1. The van der Waals surface area contributed by atoms with Gasteiger partial charge in [-0.05, 0) is 43.5 Å². The summed E-state index contributed by atoms with van der Waals surface area (Å²) in [6.45, 7) is 3.43. The molecule has 144 valence electrons. The number of ether oxygens (including phenoxy) is 1. The number of benzene rings is 1. The molecular weight excluding hydrogens is 380 g/mol. The standard InChI is InChI=1S/C21H19ClN2O4/c1-11-9-12-10-14-15(21(2,20(27)28-3)16(12)23-17(11)22)19(26)24(18(14)25)13-7-5-4-6-8-13/h4-9,14-15H,10H2,1-3H3/t14-,15+,21+/m1/s1. The minimum absolute atomic E-state index is 0.268. The fourth-order valence-electron chi connectivity index (χ4n) is 4.49. The highest BCUT2D eigenvalue weighted by molar-refractivity contribution is 6.30. The van der Waals surface area contributed by atoms with Gasteiger partial charge >= 0.3 is 5.97 Å². The Morgan fingerprint density at radius 2 is 1.93 bits per heavy atom. The summed E-state index contributed by atoms with van der Waals surface area (Å²) in [6.07, 6.45) is 0.325. The van der Waals surface area contributed by atoms with Crippen molar-refractivity contribution in [2.75, 3.05) is 12.0 Å². The Hall–Kier alpha value is -2.73. The Balaban J connectivity index is 1.92. The summed E-state index contributed by atoms with van der Waals surface area (Å²) in [5, 5.41) is 0.268. The number of methoxy groups -OCH3 is 1. The van der Waals surface area contributed by atoms with Crippen molar-refractivity contribution in [3.8, 4) is 0 Å². The van der Waals surface area contributed by atoms with Gasteiger partial charge in [0.25, 0.3) is 0 Å². The SMILES string of the molecule is COC(=O)[C@]1(C)c2nc(Cl)c(C)cc2C[C@H]2C(=O)N(c3ccccc3)C(=O)[C@H]21. The van der Waals surface area contributed by atoms with Crippen molar-refractivity contribution in [1.29, 1.82) is 0 Å². The van der Waals surface area contributed by atoms with Gasteiger partial charge in [-0.25, -0.2) is 4.98 Å². The van der Waals surface area contributed by atoms with E-state index in [1.165, 1.54) is 12.0 Å². The first-order valence-electron chi connectivity index (χ1n) is 8.98. The summed E-state index contributed by atoms with van der Waals surface area (Å²) in [4.78, 5) is 45.1. The summed E-state index contributed by atoms with van der Waals surface area (Å²) in [7, 11) is 1.27. The number of carbonyl (C=O) groups is 3. The van der Waals surface area contributed by atoms with E-state index < -0.39 is 29.1 Å². The Morgan fingerprint density at radius 3 is 2.57 bits per heavy atom. The lowest BCUT2D eigenvalue weighted by Gasteiger charge is -2.38. The second-order valence-electron chi connectivity index (χ2n) is 7.43. The Kier molecular flexibility index (Phi) is 4.27. The molecule has 2 heterocycles. The first kappa shape index (κ1) is 18.6. The van der Waals surface area contributed by atoms with E-state index in [9.17, 15) is 14.4 Å². The summed E-state index contributed by atoms with van der Waals surface area (Å²) >= 11 is 6.23. The van der Waals surface area contributed by atoms with Gasteiger partial charge in [0.15, 0.2) is 0 Å². The van der Waals surface area contributed by atoms with Crippen molar-refractivity contribution in [1.82, 2.24) is 4.98 Å². The monoisotopic (exact) mass is 398 g/mol. The smallest absolute Gasteiger partial charge is 0.318 e. The zero-order valence-electron chi connectivity index (χ0n) is 15.7. The third-order valence-corrected chi connectivity index (χ3v) is 6.22. The lowest BCUT2D eigenvalue weighted by atomic mass is 9.62. The minimum atomic E-state index is -1.40. The van der Waals surface area contributed by atoms with Crippen LogP contribution in [0.25, 0.3) is 0 Å². The van der Waals surface area contributed by atoms with Crippen molar-refractivity contribution in [3.05, 3.63) is 58.4 Å². The van der Waals surface area contributed by atoms with Crippen LogP contribution in [0.4, 0.5) is 5.69 Å². The van der Waals surface area contributed by atoms with Gasteiger partial charge in [0.1, 0.15) is 10.6 Å². The number of carbonyl (C=O) groups excluding carboxylic acids is 3. The fraction of sp³-hybridized carbons (Fsp3) is 0.333. The quantitative estimate of drug-likeness (QED) is 0.441. The number of esters is 1. The Morgan fingerprint density at radius 1 is 1.25 bits per heavy atom. The van der Waals surface area contributed by atoms with Gasteiger partial charge < -0.3 is 4.74 Å². The molecule has 1 saturated heterocycles. The first-order valence-corrected chi connectivity index (χ1v) is 9.36. The molecule has 7 heteroatoms. The first-order chi connectivity index (χ1) is 13.3. The highest BCUT2D eigenvalue weighted by Gasteiger charge is 2.63. The van der Waals surface area contributed by atoms with E-state index in [0.717, 1.165) is 11.1 Å². The number of para-hydroxylation sites is 1. The molecule has 2 aromatic rings. The highest BCUT2D eigenvalue weighted by Crippen LogP contribution is 2.50. The molecule has 3 atom stereocenters. The number of nitrogens with zero attached hydrogens (tertiary/aromatic N) is 2. The predicted molar refractivity (Wildman–Crippen MR) is 103 cm³/mol. The van der Waals surface area contributed by atoms with Crippen molar-refractivity contribution in [3.63, 3.8) is 0 Å². The molecule has 0 saturated carbocycles. The summed E-state index contributed by atoms with van der Waals surface area (Å²) in [5.74, 6) is -2.89. The van der Waals surface area contributed by atoms with Crippen molar-refractivity contribution in [2.45, 2.75) is 25.7 Å². The molecule has 2 amide bonds. The van der Waals surface area contributed by atoms with Gasteiger partial charge in [0.2, 0.25) is 11.8 Å². The topological polar surface area (TPSA) is 76.6 Å². The number of hydrogen-bond donors (Lipinski definition) is 0. The summed E-state index contributed by atoms with van der Waals surface area (Å²) in [6, 6.07) is 10.6. The van der Waals surface area contributed by atoms with Crippen molar-refractivity contribution in [2.24, 2.45) is 11.8 Å². The minimum Gasteiger partial charge on any atom is -0.468 e. The van der Waals surface area contributed by atoms with Crippen molar-refractivity contribution < 1.29 is 19.1 Å². The lowest BCUT2D eigenvalue weighted by Crippen LogP contribution is -2.51. The van der Waals surface area contributed by atoms with E-state index in [1.807, 2.05) is 19.1 Å². The molecule has 4 rings (SSSR count). The number of hydrogen-bond acceptors (Lipinski definition) is 5. The average molecular weight is 399 g/mol. The molecule has 1 aliphatic carbocycles. The lowest BCUT2D eigenvalue weighted by molar-refractivity contribution is -0.153. The Labute approximate surface area is 167 Å². The molecule has 0 N–H and O–H groups in total. The predicted octanol–water partition coefficient (Wildman–Crippen LogP) is 2.84. The number of anilines is 1. The van der Waals surface area contributed by atoms with Crippen LogP contribution in [-0.2, 0) is 31.0 Å². The molecular formula is C21H19ClN2O4. The van der Waals surface area contributed by atoms with Crippen LogP contribution in [0.1, 0.15) is 23.7 Å². The van der Waals surface area contributed by atoms with Gasteiger partial charge in [0, 0.05) is 0 Å². The highest BCUT2D eigenvalue weighted by atomic mass is 35.5. The zero-order chi connectivity index (χ0) is 20.2. The molecule has 0 unspecified atom stereocenters. The maximum Gasteiger partial charge on any atom is 0.318 e. The number of pyridine rings is 1. The van der Waals surface area contributed by atoms with Crippen LogP contribution in [0.2, 0.25) is 5.15 Å². The van der Waals surface area contributed by atoms with Gasteiger partial charge in [-0.1, -0.05) is 35.9 Å². The molecule has 28 heavy (non-hydrogen) atoms. The summed E-state index contributed by atoms with van der Waals surface area (Å²) < 4.78 is 5.05. The molecule has 1 fully saturated rings. The largest absolute Gasteiger partial charge is 0.468 e.